The lowest BCUT2D eigenvalue weighted by molar-refractivity contribution is -0.141. The van der Waals surface area contributed by atoms with Crippen LogP contribution >= 0.6 is 12.4 Å². The third-order valence-electron chi connectivity index (χ3n) is 4.77. The van der Waals surface area contributed by atoms with E-state index in [2.05, 4.69) is 10.3 Å². The van der Waals surface area contributed by atoms with Crippen LogP contribution in [0, 0.1) is 0 Å². The molecule has 6 nitrogen and oxygen atoms in total. The molecule has 1 fully saturated rings. The number of alkyl halides is 3. The summed E-state index contributed by atoms with van der Waals surface area (Å²) in [6.45, 7) is 0.331. The number of hydrogen-bond donors (Lipinski definition) is 3. The molecule has 2 aromatic rings. The summed E-state index contributed by atoms with van der Waals surface area (Å²) in [6.07, 6.45) is -2.17. The Labute approximate surface area is 178 Å². The average Bonchev–Trinajstić information content (AvgIpc) is 2.64. The number of halogens is 4. The van der Waals surface area contributed by atoms with E-state index in [1.165, 1.54) is 18.2 Å². The summed E-state index contributed by atoms with van der Waals surface area (Å²) in [5.41, 5.74) is 4.14. The van der Waals surface area contributed by atoms with E-state index in [1.807, 2.05) is 0 Å². The predicted octanol–water partition coefficient (Wildman–Crippen LogP) is 3.46. The van der Waals surface area contributed by atoms with Gasteiger partial charge in [-0.15, -0.1) is 12.4 Å². The zero-order valence-corrected chi connectivity index (χ0v) is 16.9. The summed E-state index contributed by atoms with van der Waals surface area (Å²) in [6, 6.07) is 8.35. The molecule has 1 saturated carbocycles. The third kappa shape index (κ3) is 6.07. The average molecular weight is 446 g/mol. The van der Waals surface area contributed by atoms with Crippen LogP contribution in [-0.2, 0) is 12.6 Å². The molecule has 1 aromatic carbocycles. The van der Waals surface area contributed by atoms with Crippen molar-refractivity contribution in [2.75, 3.05) is 13.1 Å². The Kier molecular flexibility index (Phi) is 7.68. The lowest BCUT2D eigenvalue weighted by atomic mass is 9.80. The molecule has 0 bridgehead atoms. The summed E-state index contributed by atoms with van der Waals surface area (Å²) in [7, 11) is 0. The first kappa shape index (κ1) is 23.9. The first-order valence-corrected chi connectivity index (χ1v) is 9.25. The van der Waals surface area contributed by atoms with Gasteiger partial charge < -0.3 is 20.9 Å². The van der Waals surface area contributed by atoms with E-state index in [1.54, 1.807) is 12.1 Å². The minimum atomic E-state index is -4.62. The number of ether oxygens (including phenoxy) is 1. The SMILES string of the molecule is Cl.NCCc1cc(Oc2cccc(C(=O)NCC3(O)CCC3)c2)nc(C(F)(F)F)c1. The van der Waals surface area contributed by atoms with Crippen molar-refractivity contribution >= 4 is 18.3 Å². The predicted molar refractivity (Wildman–Crippen MR) is 107 cm³/mol. The van der Waals surface area contributed by atoms with Crippen LogP contribution in [-0.4, -0.2) is 34.7 Å². The number of aromatic nitrogens is 1. The number of benzene rings is 1. The lowest BCUT2D eigenvalue weighted by Gasteiger charge is -2.36. The van der Waals surface area contributed by atoms with Gasteiger partial charge in [0.05, 0.1) is 5.60 Å². The Morgan fingerprint density at radius 3 is 2.60 bits per heavy atom. The van der Waals surface area contributed by atoms with Gasteiger partial charge in [0.1, 0.15) is 11.4 Å². The van der Waals surface area contributed by atoms with E-state index in [9.17, 15) is 23.1 Å². The van der Waals surface area contributed by atoms with Crippen LogP contribution in [0.25, 0.3) is 0 Å². The largest absolute Gasteiger partial charge is 0.439 e. The number of amides is 1. The van der Waals surface area contributed by atoms with Gasteiger partial charge in [-0.3, -0.25) is 4.79 Å². The van der Waals surface area contributed by atoms with E-state index in [0.717, 1.165) is 12.5 Å². The highest BCUT2D eigenvalue weighted by Crippen LogP contribution is 2.32. The Hall–Kier alpha value is -2.36. The smallest absolute Gasteiger partial charge is 0.433 e. The Morgan fingerprint density at radius 2 is 2.00 bits per heavy atom. The number of nitrogens with two attached hydrogens (primary N) is 1. The number of hydrogen-bond acceptors (Lipinski definition) is 5. The molecule has 0 atom stereocenters. The van der Waals surface area contributed by atoms with Gasteiger partial charge in [0.25, 0.3) is 5.91 Å². The van der Waals surface area contributed by atoms with Crippen LogP contribution in [0.3, 0.4) is 0 Å². The second kappa shape index (κ2) is 9.63. The molecule has 0 spiro atoms. The van der Waals surface area contributed by atoms with E-state index in [4.69, 9.17) is 10.5 Å². The Balaban J connectivity index is 0.00000320. The van der Waals surface area contributed by atoms with Crippen LogP contribution in [0.1, 0.15) is 40.9 Å². The molecule has 3 rings (SSSR count). The van der Waals surface area contributed by atoms with Gasteiger partial charge in [-0.05, 0) is 62.1 Å². The fourth-order valence-corrected chi connectivity index (χ4v) is 3.00. The number of nitrogens with one attached hydrogen (secondary N) is 1. The molecule has 164 valence electrons. The Bertz CT molecular complexity index is 889. The van der Waals surface area contributed by atoms with Gasteiger partial charge in [-0.25, -0.2) is 4.98 Å². The van der Waals surface area contributed by atoms with Crippen molar-refractivity contribution in [3.05, 3.63) is 53.2 Å². The molecular weight excluding hydrogens is 423 g/mol. The number of rotatable bonds is 7. The Morgan fingerprint density at radius 1 is 1.27 bits per heavy atom. The molecular formula is C20H23ClF3N3O3. The molecule has 0 aliphatic heterocycles. The standard InChI is InChI=1S/C20H22F3N3O3.ClH/c21-20(22,23)16-9-13(5-8-24)10-17(26-16)29-15-4-1-3-14(11-15)18(27)25-12-19(28)6-2-7-19;/h1,3-4,9-11,28H,2,5-8,12,24H2,(H,25,27);1H. The number of pyridine rings is 1. The second-order valence-electron chi connectivity index (χ2n) is 7.13. The maximum Gasteiger partial charge on any atom is 0.433 e. The molecule has 1 aromatic heterocycles. The molecule has 1 aliphatic carbocycles. The minimum Gasteiger partial charge on any atom is -0.439 e. The topological polar surface area (TPSA) is 97.5 Å². The van der Waals surface area contributed by atoms with Gasteiger partial charge >= 0.3 is 6.18 Å². The number of carbonyl (C=O) groups excluding carboxylic acids is 1. The van der Waals surface area contributed by atoms with Crippen LogP contribution < -0.4 is 15.8 Å². The van der Waals surface area contributed by atoms with E-state index in [-0.39, 0.29) is 49.1 Å². The first-order chi connectivity index (χ1) is 13.7. The number of nitrogens with zero attached hydrogens (tertiary/aromatic N) is 1. The fourth-order valence-electron chi connectivity index (χ4n) is 3.00. The lowest BCUT2D eigenvalue weighted by Crippen LogP contribution is -2.47. The monoisotopic (exact) mass is 445 g/mol. The molecule has 30 heavy (non-hydrogen) atoms. The second-order valence-corrected chi connectivity index (χ2v) is 7.13. The van der Waals surface area contributed by atoms with Crippen LogP contribution in [0.15, 0.2) is 36.4 Å². The minimum absolute atomic E-state index is 0. The van der Waals surface area contributed by atoms with Crippen LogP contribution in [0.2, 0.25) is 0 Å². The number of carbonyl (C=O) groups is 1. The van der Waals surface area contributed by atoms with Gasteiger partial charge in [0.15, 0.2) is 0 Å². The number of aliphatic hydroxyl groups is 1. The summed E-state index contributed by atoms with van der Waals surface area (Å²) in [4.78, 5) is 15.8. The molecule has 0 unspecified atom stereocenters. The summed E-state index contributed by atoms with van der Waals surface area (Å²) < 4.78 is 44.8. The third-order valence-corrected chi connectivity index (χ3v) is 4.77. The van der Waals surface area contributed by atoms with Crippen molar-refractivity contribution in [2.24, 2.45) is 5.73 Å². The van der Waals surface area contributed by atoms with E-state index in [0.29, 0.717) is 18.4 Å². The van der Waals surface area contributed by atoms with Crippen molar-refractivity contribution in [3.63, 3.8) is 0 Å². The van der Waals surface area contributed by atoms with E-state index < -0.39 is 23.4 Å². The van der Waals surface area contributed by atoms with Gasteiger partial charge in [-0.2, -0.15) is 13.2 Å². The maximum atomic E-state index is 13.1. The summed E-state index contributed by atoms with van der Waals surface area (Å²) >= 11 is 0. The highest BCUT2D eigenvalue weighted by atomic mass is 35.5. The van der Waals surface area contributed by atoms with Crippen LogP contribution in [0.5, 0.6) is 11.6 Å². The van der Waals surface area contributed by atoms with Gasteiger partial charge in [-0.1, -0.05) is 6.07 Å². The molecule has 1 heterocycles. The highest BCUT2D eigenvalue weighted by molar-refractivity contribution is 5.94. The summed E-state index contributed by atoms with van der Waals surface area (Å²) in [5.74, 6) is -0.466. The van der Waals surface area contributed by atoms with Gasteiger partial charge in [0, 0.05) is 18.2 Å². The van der Waals surface area contributed by atoms with Gasteiger partial charge in [0.2, 0.25) is 5.88 Å². The van der Waals surface area contributed by atoms with Crippen molar-refractivity contribution in [1.29, 1.82) is 0 Å². The quantitative estimate of drug-likeness (QED) is 0.606. The maximum absolute atomic E-state index is 13.1. The van der Waals surface area contributed by atoms with Crippen molar-refractivity contribution in [2.45, 2.75) is 37.5 Å². The fraction of sp³-hybridized carbons (Fsp3) is 0.400. The molecule has 10 heteroatoms. The molecule has 0 saturated heterocycles. The normalized spacial score (nSPS) is 15.0. The van der Waals surface area contributed by atoms with Crippen molar-refractivity contribution in [3.8, 4) is 11.6 Å². The molecule has 0 radical (unpaired) electrons. The van der Waals surface area contributed by atoms with E-state index >= 15 is 0 Å². The zero-order chi connectivity index (χ0) is 21.1. The first-order valence-electron chi connectivity index (χ1n) is 9.25. The summed E-state index contributed by atoms with van der Waals surface area (Å²) in [5, 5.41) is 12.7. The van der Waals surface area contributed by atoms with Crippen molar-refractivity contribution < 1.29 is 27.8 Å². The molecule has 1 amide bonds. The van der Waals surface area contributed by atoms with Crippen molar-refractivity contribution in [1.82, 2.24) is 10.3 Å². The molecule has 4 N–H and O–H groups in total. The molecule has 1 aliphatic rings. The van der Waals surface area contributed by atoms with Crippen LogP contribution in [0.4, 0.5) is 13.2 Å². The highest BCUT2D eigenvalue weighted by Gasteiger charge is 2.35. The zero-order valence-electron chi connectivity index (χ0n) is 16.0.